The first-order valence-electron chi connectivity index (χ1n) is 7.24. The number of alkyl halides is 1. The van der Waals surface area contributed by atoms with Crippen molar-refractivity contribution in [1.29, 1.82) is 0 Å². The van der Waals surface area contributed by atoms with Gasteiger partial charge in [0, 0.05) is 12.6 Å². The average Bonchev–Trinajstić information content (AvgIpc) is 2.86. The second-order valence-electron chi connectivity index (χ2n) is 5.89. The lowest BCUT2D eigenvalue weighted by Crippen LogP contribution is -2.45. The van der Waals surface area contributed by atoms with Crippen LogP contribution in [0.3, 0.4) is 0 Å². The summed E-state index contributed by atoms with van der Waals surface area (Å²) in [6.07, 6.45) is 0. The molecule has 7 nitrogen and oxygen atoms in total. The van der Waals surface area contributed by atoms with Gasteiger partial charge in [0.25, 0.3) is 0 Å². The highest BCUT2D eigenvalue weighted by Crippen LogP contribution is 2.21. The number of hydrogen-bond donors (Lipinski definition) is 4. The highest BCUT2D eigenvalue weighted by molar-refractivity contribution is 9.09. The van der Waals surface area contributed by atoms with Crippen LogP contribution in [-0.2, 0) is 21.4 Å². The van der Waals surface area contributed by atoms with Gasteiger partial charge < -0.3 is 5.32 Å². The van der Waals surface area contributed by atoms with E-state index >= 15 is 0 Å². The Bertz CT molecular complexity index is 680. The Hall–Kier alpha value is -1.00. The van der Waals surface area contributed by atoms with Gasteiger partial charge in [-0.2, -0.15) is 0 Å². The molecule has 1 amide bonds. The van der Waals surface area contributed by atoms with Gasteiger partial charge in [-0.1, -0.05) is 41.9 Å². The van der Waals surface area contributed by atoms with Gasteiger partial charge in [0.15, 0.2) is 0 Å². The summed E-state index contributed by atoms with van der Waals surface area (Å²) in [6, 6.07) is 5.96. The van der Waals surface area contributed by atoms with Gasteiger partial charge in [-0.15, -0.1) is 0 Å². The molecule has 3 unspecified atom stereocenters. The van der Waals surface area contributed by atoms with Crippen LogP contribution in [0.25, 0.3) is 0 Å². The predicted molar refractivity (Wildman–Crippen MR) is 91.1 cm³/mol. The number of halogens is 1. The lowest BCUT2D eigenvalue weighted by Gasteiger charge is -2.19. The van der Waals surface area contributed by atoms with Gasteiger partial charge in [-0.25, -0.2) is 19.0 Å². The number of carbonyl (C=O) groups is 1. The summed E-state index contributed by atoms with van der Waals surface area (Å²) < 4.78 is 22.7. The molecule has 0 saturated carbocycles. The van der Waals surface area contributed by atoms with Crippen LogP contribution in [0, 0.1) is 5.92 Å². The van der Waals surface area contributed by atoms with Crippen LogP contribution in [0.1, 0.15) is 19.4 Å². The quantitative estimate of drug-likeness (QED) is 0.524. The van der Waals surface area contributed by atoms with E-state index in [0.717, 1.165) is 0 Å². The zero-order chi connectivity index (χ0) is 17.2. The number of carbonyl (C=O) groups excluding carboxylic acids is 1. The molecule has 1 aromatic rings. The molecule has 5 N–H and O–H groups in total. The summed E-state index contributed by atoms with van der Waals surface area (Å²) in [5.41, 5.74) is 6.76. The molecule has 1 aliphatic rings. The van der Waals surface area contributed by atoms with Gasteiger partial charge in [0.1, 0.15) is 6.04 Å². The number of rotatable bonds is 5. The van der Waals surface area contributed by atoms with Crippen molar-refractivity contribution in [3.05, 3.63) is 29.8 Å². The van der Waals surface area contributed by atoms with E-state index in [1.165, 1.54) is 12.1 Å². The van der Waals surface area contributed by atoms with Crippen LogP contribution in [0.15, 0.2) is 29.2 Å². The zero-order valence-corrected chi connectivity index (χ0v) is 15.3. The summed E-state index contributed by atoms with van der Waals surface area (Å²) in [5, 5.41) is 7.91. The topological polar surface area (TPSA) is 113 Å². The summed E-state index contributed by atoms with van der Waals surface area (Å²) in [5.74, 6) is 0.208. The fourth-order valence-electron chi connectivity index (χ4n) is 2.43. The van der Waals surface area contributed by atoms with E-state index in [0.29, 0.717) is 11.5 Å². The van der Waals surface area contributed by atoms with Crippen molar-refractivity contribution in [2.45, 2.75) is 42.2 Å². The minimum atomic E-state index is -3.75. The van der Waals surface area contributed by atoms with Gasteiger partial charge in [0.2, 0.25) is 15.9 Å². The smallest absolute Gasteiger partial charge is 0.239 e. The molecule has 2 rings (SSSR count). The maximum Gasteiger partial charge on any atom is 0.239 e. The van der Waals surface area contributed by atoms with Crippen molar-refractivity contribution >= 4 is 31.9 Å². The number of nitrogens with two attached hydrogens (primary N) is 1. The third-order valence-corrected chi connectivity index (χ3v) is 5.77. The number of hydrazine groups is 1. The Morgan fingerprint density at radius 2 is 2.09 bits per heavy atom. The second-order valence-corrected chi connectivity index (χ2v) is 8.51. The Labute approximate surface area is 144 Å². The molecule has 23 heavy (non-hydrogen) atoms. The van der Waals surface area contributed by atoms with Crippen LogP contribution in [0.2, 0.25) is 0 Å². The Morgan fingerprint density at radius 1 is 1.39 bits per heavy atom. The van der Waals surface area contributed by atoms with Gasteiger partial charge in [-0.3, -0.25) is 10.2 Å². The number of primary sulfonamides is 1. The summed E-state index contributed by atoms with van der Waals surface area (Å²) in [7, 11) is -3.75. The van der Waals surface area contributed by atoms with E-state index in [4.69, 9.17) is 5.14 Å². The van der Waals surface area contributed by atoms with Crippen molar-refractivity contribution in [2.24, 2.45) is 11.1 Å². The Kier molecular flexibility index (Phi) is 5.79. The van der Waals surface area contributed by atoms with Gasteiger partial charge in [0.05, 0.1) is 9.72 Å². The summed E-state index contributed by atoms with van der Waals surface area (Å²) in [4.78, 5) is 12.3. The lowest BCUT2D eigenvalue weighted by molar-refractivity contribution is -0.122. The van der Waals surface area contributed by atoms with Crippen LogP contribution < -0.4 is 21.3 Å². The first kappa shape index (κ1) is 18.3. The summed E-state index contributed by atoms with van der Waals surface area (Å²) >= 11 is 3.55. The molecule has 9 heteroatoms. The Morgan fingerprint density at radius 3 is 2.65 bits per heavy atom. The summed E-state index contributed by atoms with van der Waals surface area (Å²) in [6.45, 7) is 4.38. The van der Waals surface area contributed by atoms with Crippen LogP contribution in [-0.4, -0.2) is 31.2 Å². The van der Waals surface area contributed by atoms with E-state index in [-0.39, 0.29) is 28.2 Å². The first-order valence-corrected chi connectivity index (χ1v) is 9.71. The molecule has 1 aromatic carbocycles. The standard InChI is InChI=1S/C14H21BrN4O3S/c1-8(2)12-11(15)13(19-18-12)14(20)17-7-9-4-3-5-10(6-9)23(16,21)22/h3-6,8,11-13,18-19H,7H2,1-2H3,(H,17,20)(H2,16,21,22). The van der Waals surface area contributed by atoms with E-state index in [1.807, 2.05) is 0 Å². The lowest BCUT2D eigenvalue weighted by atomic mass is 9.99. The number of nitrogens with one attached hydrogen (secondary N) is 3. The van der Waals surface area contributed by atoms with Crippen molar-refractivity contribution in [2.75, 3.05) is 0 Å². The third kappa shape index (κ3) is 4.51. The number of sulfonamides is 1. The molecule has 1 saturated heterocycles. The number of hydrogen-bond acceptors (Lipinski definition) is 5. The van der Waals surface area contributed by atoms with Crippen molar-refractivity contribution < 1.29 is 13.2 Å². The highest BCUT2D eigenvalue weighted by atomic mass is 79.9. The minimum absolute atomic E-state index is 0.0294. The van der Waals surface area contributed by atoms with Crippen molar-refractivity contribution in [3.8, 4) is 0 Å². The molecule has 0 aromatic heterocycles. The van der Waals surface area contributed by atoms with Crippen LogP contribution in [0.5, 0.6) is 0 Å². The van der Waals surface area contributed by atoms with Crippen molar-refractivity contribution in [3.63, 3.8) is 0 Å². The fourth-order valence-corrected chi connectivity index (χ4v) is 4.13. The molecular formula is C14H21BrN4O3S. The molecule has 0 radical (unpaired) electrons. The maximum absolute atomic E-state index is 12.3. The first-order chi connectivity index (χ1) is 10.7. The molecule has 1 heterocycles. The molecule has 0 bridgehead atoms. The third-order valence-electron chi connectivity index (χ3n) is 3.76. The number of amides is 1. The van der Waals surface area contributed by atoms with Crippen molar-refractivity contribution in [1.82, 2.24) is 16.2 Å². The Balaban J connectivity index is 1.98. The molecular weight excluding hydrogens is 384 g/mol. The molecule has 3 atom stereocenters. The molecule has 1 fully saturated rings. The second kappa shape index (κ2) is 7.27. The highest BCUT2D eigenvalue weighted by Gasteiger charge is 2.39. The molecule has 128 valence electrons. The minimum Gasteiger partial charge on any atom is -0.351 e. The fraction of sp³-hybridized carbons (Fsp3) is 0.500. The SMILES string of the molecule is CC(C)C1NNC(C(=O)NCc2cccc(S(N)(=O)=O)c2)C1Br. The molecule has 0 spiro atoms. The largest absolute Gasteiger partial charge is 0.351 e. The van der Waals surface area contributed by atoms with Gasteiger partial charge >= 0.3 is 0 Å². The van der Waals surface area contributed by atoms with Crippen LogP contribution in [0.4, 0.5) is 0 Å². The average molecular weight is 405 g/mol. The van der Waals surface area contributed by atoms with E-state index < -0.39 is 16.1 Å². The van der Waals surface area contributed by atoms with Crippen LogP contribution >= 0.6 is 15.9 Å². The normalized spacial score (nSPS) is 24.8. The van der Waals surface area contributed by atoms with E-state index in [1.54, 1.807) is 12.1 Å². The van der Waals surface area contributed by atoms with E-state index in [9.17, 15) is 13.2 Å². The monoisotopic (exact) mass is 404 g/mol. The van der Waals surface area contributed by atoms with E-state index in [2.05, 4.69) is 45.9 Å². The number of benzene rings is 1. The van der Waals surface area contributed by atoms with Gasteiger partial charge in [-0.05, 0) is 23.6 Å². The maximum atomic E-state index is 12.3. The zero-order valence-electron chi connectivity index (χ0n) is 12.9. The predicted octanol–water partition coefficient (Wildman–Crippen LogP) is 0.215. The molecule has 0 aliphatic carbocycles. The molecule has 1 aliphatic heterocycles.